The van der Waals surface area contributed by atoms with E-state index in [9.17, 15) is 0 Å². The predicted octanol–water partition coefficient (Wildman–Crippen LogP) is 3.48. The summed E-state index contributed by atoms with van der Waals surface area (Å²) >= 11 is 3.50. The number of nitrogens with one attached hydrogen (secondary N) is 2. The Morgan fingerprint density at radius 3 is 2.81 bits per heavy atom. The van der Waals surface area contributed by atoms with Gasteiger partial charge in [0.15, 0.2) is 5.96 Å². The molecule has 142 valence electrons. The number of aliphatic imine (C=N–C) groups is 1. The first-order chi connectivity index (χ1) is 12.7. The molecule has 1 aliphatic heterocycles. The van der Waals surface area contributed by atoms with Crippen molar-refractivity contribution in [1.29, 1.82) is 0 Å². The molecule has 7 heteroatoms. The fraction of sp³-hybridized carbons (Fsp3) is 0.579. The first-order valence-electron chi connectivity index (χ1n) is 9.41. The smallest absolute Gasteiger partial charge is 0.191 e. The van der Waals surface area contributed by atoms with Crippen molar-refractivity contribution in [1.82, 2.24) is 20.5 Å². The number of aromatic nitrogens is 1. The lowest BCUT2D eigenvalue weighted by molar-refractivity contribution is 0.176. The highest BCUT2D eigenvalue weighted by Gasteiger charge is 2.20. The molecule has 0 spiro atoms. The Kier molecular flexibility index (Phi) is 7.46. The van der Waals surface area contributed by atoms with Gasteiger partial charge in [-0.1, -0.05) is 6.07 Å². The Hall–Kier alpha value is -1.44. The summed E-state index contributed by atoms with van der Waals surface area (Å²) < 4.78 is 0. The summed E-state index contributed by atoms with van der Waals surface area (Å²) in [6.07, 6.45) is 2.47. The minimum atomic E-state index is 0.717. The normalized spacial score (nSPS) is 16.8. The highest BCUT2D eigenvalue weighted by Crippen LogP contribution is 2.19. The van der Waals surface area contributed by atoms with Crippen LogP contribution in [0.1, 0.15) is 35.3 Å². The Bertz CT molecular complexity index is 672. The highest BCUT2D eigenvalue weighted by molar-refractivity contribution is 7.10. The second-order valence-electron chi connectivity index (χ2n) is 6.73. The van der Waals surface area contributed by atoms with E-state index in [1.807, 2.05) is 0 Å². The molecule has 0 atom stereocenters. The average Bonchev–Trinajstić information content (AvgIpc) is 3.30. The van der Waals surface area contributed by atoms with E-state index in [4.69, 9.17) is 4.99 Å². The van der Waals surface area contributed by atoms with Crippen LogP contribution in [0.15, 0.2) is 27.9 Å². The van der Waals surface area contributed by atoms with Gasteiger partial charge in [-0.2, -0.15) is 0 Å². The molecular formula is C19H29N5S2. The minimum Gasteiger partial charge on any atom is -0.357 e. The number of rotatable bonds is 7. The summed E-state index contributed by atoms with van der Waals surface area (Å²) in [5.74, 6) is 1.65. The second-order valence-corrected chi connectivity index (χ2v) is 8.83. The lowest BCUT2D eigenvalue weighted by atomic mass is 9.97. The van der Waals surface area contributed by atoms with Crippen molar-refractivity contribution in [3.8, 4) is 0 Å². The maximum absolute atomic E-state index is 4.70. The number of piperidine rings is 1. The first-order valence-corrected chi connectivity index (χ1v) is 11.2. The molecule has 3 rings (SSSR count). The fourth-order valence-electron chi connectivity index (χ4n) is 3.20. The van der Waals surface area contributed by atoms with Crippen molar-refractivity contribution in [2.75, 3.05) is 26.2 Å². The zero-order chi connectivity index (χ0) is 18.2. The largest absolute Gasteiger partial charge is 0.357 e. The molecule has 0 aliphatic carbocycles. The van der Waals surface area contributed by atoms with Gasteiger partial charge in [0, 0.05) is 29.9 Å². The Morgan fingerprint density at radius 2 is 2.15 bits per heavy atom. The van der Waals surface area contributed by atoms with Gasteiger partial charge in [0.1, 0.15) is 0 Å². The number of hydrogen-bond donors (Lipinski definition) is 2. The summed E-state index contributed by atoms with van der Waals surface area (Å²) in [6.45, 7) is 10.1. The molecule has 2 aromatic rings. The number of guanidine groups is 1. The third-order valence-corrected chi connectivity index (χ3v) is 6.32. The Labute approximate surface area is 164 Å². The second kappa shape index (κ2) is 10.0. The van der Waals surface area contributed by atoms with E-state index in [1.54, 1.807) is 22.7 Å². The molecule has 0 aromatic carbocycles. The summed E-state index contributed by atoms with van der Waals surface area (Å²) in [5.41, 5.74) is 1.22. The van der Waals surface area contributed by atoms with E-state index >= 15 is 0 Å². The lowest BCUT2D eigenvalue weighted by Gasteiger charge is -2.31. The van der Waals surface area contributed by atoms with Gasteiger partial charge in [0.25, 0.3) is 0 Å². The SMILES string of the molecule is CCNC(=NCc1cccs1)NCC1CCN(Cc2csc(C)n2)CC1. The van der Waals surface area contributed by atoms with E-state index in [2.05, 4.69) is 57.3 Å². The van der Waals surface area contributed by atoms with E-state index in [0.29, 0.717) is 5.92 Å². The molecule has 2 aromatic heterocycles. The number of likely N-dealkylation sites (tertiary alicyclic amines) is 1. The van der Waals surface area contributed by atoms with Crippen molar-refractivity contribution < 1.29 is 0 Å². The maximum Gasteiger partial charge on any atom is 0.191 e. The maximum atomic E-state index is 4.70. The highest BCUT2D eigenvalue weighted by atomic mass is 32.1. The number of nitrogens with zero attached hydrogens (tertiary/aromatic N) is 3. The Balaban J connectivity index is 1.40. The molecule has 1 aliphatic rings. The summed E-state index contributed by atoms with van der Waals surface area (Å²) in [6, 6.07) is 4.22. The summed E-state index contributed by atoms with van der Waals surface area (Å²) in [5, 5.41) is 12.3. The third kappa shape index (κ3) is 6.07. The van der Waals surface area contributed by atoms with Crippen molar-refractivity contribution in [3.05, 3.63) is 38.5 Å². The molecule has 26 heavy (non-hydrogen) atoms. The first kappa shape index (κ1) is 19.3. The zero-order valence-corrected chi connectivity index (χ0v) is 17.3. The van der Waals surface area contributed by atoms with Gasteiger partial charge in [-0.15, -0.1) is 22.7 Å². The Morgan fingerprint density at radius 1 is 1.31 bits per heavy atom. The molecular weight excluding hydrogens is 362 g/mol. The monoisotopic (exact) mass is 391 g/mol. The number of thiophene rings is 1. The van der Waals surface area contributed by atoms with Gasteiger partial charge >= 0.3 is 0 Å². The van der Waals surface area contributed by atoms with Crippen LogP contribution in [0.25, 0.3) is 0 Å². The van der Waals surface area contributed by atoms with Gasteiger partial charge in [-0.05, 0) is 57.1 Å². The standard InChI is InChI=1S/C19H29N5S2/c1-3-20-19(22-12-18-5-4-10-25-18)21-11-16-6-8-24(9-7-16)13-17-14-26-15(2)23-17/h4-5,10,14,16H,3,6-9,11-13H2,1-2H3,(H2,20,21,22). The molecule has 0 radical (unpaired) electrons. The van der Waals surface area contributed by atoms with Crippen LogP contribution in [0.5, 0.6) is 0 Å². The summed E-state index contributed by atoms with van der Waals surface area (Å²) in [7, 11) is 0. The molecule has 0 saturated carbocycles. The van der Waals surface area contributed by atoms with Crippen molar-refractivity contribution in [2.24, 2.45) is 10.9 Å². The van der Waals surface area contributed by atoms with Crippen LogP contribution < -0.4 is 10.6 Å². The summed E-state index contributed by atoms with van der Waals surface area (Å²) in [4.78, 5) is 13.1. The molecule has 1 fully saturated rings. The molecule has 2 N–H and O–H groups in total. The van der Waals surface area contributed by atoms with Gasteiger partial charge in [-0.25, -0.2) is 9.98 Å². The van der Waals surface area contributed by atoms with E-state index in [0.717, 1.165) is 50.2 Å². The van der Waals surface area contributed by atoms with Crippen LogP contribution in [0, 0.1) is 12.8 Å². The van der Waals surface area contributed by atoms with Crippen LogP contribution in [-0.2, 0) is 13.1 Å². The number of aryl methyl sites for hydroxylation is 1. The third-order valence-electron chi connectivity index (χ3n) is 4.63. The molecule has 0 amide bonds. The molecule has 0 bridgehead atoms. The van der Waals surface area contributed by atoms with Crippen LogP contribution in [0.3, 0.4) is 0 Å². The van der Waals surface area contributed by atoms with Gasteiger partial charge < -0.3 is 10.6 Å². The van der Waals surface area contributed by atoms with E-state index in [-0.39, 0.29) is 0 Å². The zero-order valence-electron chi connectivity index (χ0n) is 15.7. The molecule has 5 nitrogen and oxygen atoms in total. The minimum absolute atomic E-state index is 0.717. The van der Waals surface area contributed by atoms with Gasteiger partial charge in [0.2, 0.25) is 0 Å². The topological polar surface area (TPSA) is 52.6 Å². The van der Waals surface area contributed by atoms with Crippen molar-refractivity contribution >= 4 is 28.6 Å². The van der Waals surface area contributed by atoms with Gasteiger partial charge in [0.05, 0.1) is 17.2 Å². The predicted molar refractivity (Wildman–Crippen MR) is 112 cm³/mol. The molecule has 3 heterocycles. The number of thiazole rings is 1. The molecule has 1 saturated heterocycles. The van der Waals surface area contributed by atoms with Crippen molar-refractivity contribution in [2.45, 2.75) is 39.8 Å². The fourth-order valence-corrected chi connectivity index (χ4v) is 4.43. The molecule has 0 unspecified atom stereocenters. The van der Waals surface area contributed by atoms with Crippen LogP contribution >= 0.6 is 22.7 Å². The van der Waals surface area contributed by atoms with Gasteiger partial charge in [-0.3, -0.25) is 4.90 Å². The van der Waals surface area contributed by atoms with Crippen LogP contribution in [0.2, 0.25) is 0 Å². The van der Waals surface area contributed by atoms with Crippen LogP contribution in [-0.4, -0.2) is 42.0 Å². The van der Waals surface area contributed by atoms with E-state index in [1.165, 1.54) is 23.4 Å². The average molecular weight is 392 g/mol. The quantitative estimate of drug-likeness (QED) is 0.560. The van der Waals surface area contributed by atoms with Crippen LogP contribution in [0.4, 0.5) is 0 Å². The number of hydrogen-bond acceptors (Lipinski definition) is 5. The van der Waals surface area contributed by atoms with Crippen molar-refractivity contribution in [3.63, 3.8) is 0 Å². The van der Waals surface area contributed by atoms with E-state index < -0.39 is 0 Å². The lowest BCUT2D eigenvalue weighted by Crippen LogP contribution is -2.42.